The minimum absolute atomic E-state index is 0.0218. The van der Waals surface area contributed by atoms with E-state index in [1.807, 2.05) is 13.8 Å². The maximum absolute atomic E-state index is 11.8. The number of benzene rings is 1. The van der Waals surface area contributed by atoms with E-state index in [2.05, 4.69) is 19.2 Å². The molecule has 5 heteroatoms. The van der Waals surface area contributed by atoms with E-state index in [0.29, 0.717) is 23.8 Å². The van der Waals surface area contributed by atoms with E-state index in [1.165, 1.54) is 0 Å². The van der Waals surface area contributed by atoms with E-state index in [9.17, 15) is 9.59 Å². The molecule has 1 rings (SSSR count). The van der Waals surface area contributed by atoms with Gasteiger partial charge in [-0.25, -0.2) is 4.79 Å². The minimum atomic E-state index is -0.524. The molecule has 116 valence electrons. The molecule has 0 aromatic heterocycles. The number of carbonyl (C=O) groups excluding carboxylic acids is 2. The molecular weight excluding hydrogens is 270 g/mol. The van der Waals surface area contributed by atoms with Crippen molar-refractivity contribution < 1.29 is 19.1 Å². The average molecular weight is 293 g/mol. The zero-order chi connectivity index (χ0) is 15.8. The molecule has 0 bridgehead atoms. The van der Waals surface area contributed by atoms with Crippen LogP contribution in [0.25, 0.3) is 0 Å². The van der Waals surface area contributed by atoms with Crippen LogP contribution in [0.4, 0.5) is 0 Å². The summed E-state index contributed by atoms with van der Waals surface area (Å²) in [6.07, 6.45) is 0. The van der Waals surface area contributed by atoms with Crippen molar-refractivity contribution in [1.29, 1.82) is 0 Å². The van der Waals surface area contributed by atoms with Crippen LogP contribution in [-0.4, -0.2) is 31.1 Å². The summed E-state index contributed by atoms with van der Waals surface area (Å²) >= 11 is 0. The van der Waals surface area contributed by atoms with Gasteiger partial charge in [-0.15, -0.1) is 0 Å². The number of esters is 1. The molecule has 21 heavy (non-hydrogen) atoms. The second kappa shape index (κ2) is 8.29. The van der Waals surface area contributed by atoms with Crippen LogP contribution in [0.5, 0.6) is 5.75 Å². The van der Waals surface area contributed by atoms with Crippen molar-refractivity contribution in [2.75, 3.05) is 13.2 Å². The quantitative estimate of drug-likeness (QED) is 0.784. The van der Waals surface area contributed by atoms with Gasteiger partial charge in [0.05, 0.1) is 12.2 Å². The zero-order valence-electron chi connectivity index (χ0n) is 13.0. The average Bonchev–Trinajstić information content (AvgIpc) is 2.42. The highest BCUT2D eigenvalue weighted by Crippen LogP contribution is 2.13. The van der Waals surface area contributed by atoms with Crippen LogP contribution in [0.1, 0.15) is 38.1 Å². The van der Waals surface area contributed by atoms with Crippen LogP contribution < -0.4 is 10.1 Å². The van der Waals surface area contributed by atoms with Gasteiger partial charge in [-0.2, -0.15) is 0 Å². The highest BCUT2D eigenvalue weighted by molar-refractivity contribution is 5.91. The van der Waals surface area contributed by atoms with E-state index < -0.39 is 5.97 Å². The topological polar surface area (TPSA) is 64.6 Å². The monoisotopic (exact) mass is 293 g/mol. The molecule has 0 aliphatic rings. The van der Waals surface area contributed by atoms with Crippen LogP contribution >= 0.6 is 0 Å². The van der Waals surface area contributed by atoms with Gasteiger partial charge >= 0.3 is 5.97 Å². The first-order valence-electron chi connectivity index (χ1n) is 7.08. The normalized spacial score (nSPS) is 10.6. The molecule has 1 N–H and O–H groups in total. The lowest BCUT2D eigenvalue weighted by atomic mass is 10.2. The molecule has 1 aromatic rings. The van der Waals surface area contributed by atoms with E-state index in [4.69, 9.17) is 9.47 Å². The Morgan fingerprint density at radius 1 is 1.10 bits per heavy atom. The summed E-state index contributed by atoms with van der Waals surface area (Å²) in [5.41, 5.74) is 0.393. The van der Waals surface area contributed by atoms with Gasteiger partial charge in [-0.1, -0.05) is 13.8 Å². The molecule has 0 fully saturated rings. The number of carbonyl (C=O) groups is 2. The van der Waals surface area contributed by atoms with Gasteiger partial charge in [0.1, 0.15) is 5.75 Å². The Kier molecular flexibility index (Phi) is 6.72. The second-order valence-electron chi connectivity index (χ2n) is 5.53. The Morgan fingerprint density at radius 3 is 2.24 bits per heavy atom. The zero-order valence-corrected chi connectivity index (χ0v) is 13.0. The highest BCUT2D eigenvalue weighted by Gasteiger charge is 2.11. The number of hydrogen-bond acceptors (Lipinski definition) is 4. The van der Waals surface area contributed by atoms with Crippen molar-refractivity contribution in [3.63, 3.8) is 0 Å². The molecule has 0 heterocycles. The van der Waals surface area contributed by atoms with Crippen LogP contribution in [0.15, 0.2) is 24.3 Å². The maximum atomic E-state index is 11.8. The first-order chi connectivity index (χ1) is 9.88. The molecular formula is C16H23NO4. The Bertz CT molecular complexity index is 466. The maximum Gasteiger partial charge on any atom is 0.338 e. The van der Waals surface area contributed by atoms with Gasteiger partial charge in [-0.3, -0.25) is 4.79 Å². The van der Waals surface area contributed by atoms with Gasteiger partial charge in [0.2, 0.25) is 0 Å². The number of nitrogens with one attached hydrogen (secondary N) is 1. The van der Waals surface area contributed by atoms with Crippen molar-refractivity contribution in [1.82, 2.24) is 5.32 Å². The molecule has 0 radical (unpaired) electrons. The van der Waals surface area contributed by atoms with Crippen LogP contribution in [0, 0.1) is 5.92 Å². The lowest BCUT2D eigenvalue weighted by Crippen LogP contribution is -2.33. The standard InChI is InChI=1S/C16H23NO4/c1-11(2)9-20-14-7-5-13(6-8-14)16(19)21-10-15(18)17-12(3)4/h5-8,11-12H,9-10H2,1-4H3,(H,17,18). The number of ether oxygens (including phenoxy) is 2. The molecule has 5 nitrogen and oxygen atoms in total. The molecule has 0 aliphatic carbocycles. The Balaban J connectivity index is 2.46. The summed E-state index contributed by atoms with van der Waals surface area (Å²) in [6, 6.07) is 6.70. The summed E-state index contributed by atoms with van der Waals surface area (Å²) in [5, 5.41) is 2.65. The fraction of sp³-hybridized carbons (Fsp3) is 0.500. The van der Waals surface area contributed by atoms with Crippen LogP contribution in [-0.2, 0) is 9.53 Å². The molecule has 0 spiro atoms. The van der Waals surface area contributed by atoms with Gasteiger partial charge < -0.3 is 14.8 Å². The summed E-state index contributed by atoms with van der Waals surface area (Å²) in [7, 11) is 0. The first kappa shape index (κ1) is 17.0. The van der Waals surface area contributed by atoms with Crippen LogP contribution in [0.2, 0.25) is 0 Å². The Hall–Kier alpha value is -2.04. The summed E-state index contributed by atoms with van der Waals surface area (Å²) in [5.74, 6) is 0.312. The SMILES string of the molecule is CC(C)COc1ccc(C(=O)OCC(=O)NC(C)C)cc1. The minimum Gasteiger partial charge on any atom is -0.493 e. The van der Waals surface area contributed by atoms with Gasteiger partial charge in [0.25, 0.3) is 5.91 Å². The molecule has 0 saturated carbocycles. The number of rotatable bonds is 7. The van der Waals surface area contributed by atoms with Gasteiger partial charge in [-0.05, 0) is 44.0 Å². The molecule has 0 aliphatic heterocycles. The lowest BCUT2D eigenvalue weighted by Gasteiger charge is -2.10. The third kappa shape index (κ3) is 6.79. The smallest absolute Gasteiger partial charge is 0.338 e. The predicted octanol–water partition coefficient (Wildman–Crippen LogP) is 2.40. The number of hydrogen-bond donors (Lipinski definition) is 1. The third-order valence-electron chi connectivity index (χ3n) is 2.46. The first-order valence-corrected chi connectivity index (χ1v) is 7.08. The highest BCUT2D eigenvalue weighted by atomic mass is 16.5. The van der Waals surface area contributed by atoms with Crippen molar-refractivity contribution in [2.45, 2.75) is 33.7 Å². The van der Waals surface area contributed by atoms with E-state index >= 15 is 0 Å². The molecule has 0 atom stereocenters. The predicted molar refractivity (Wildman–Crippen MR) is 80.3 cm³/mol. The largest absolute Gasteiger partial charge is 0.493 e. The van der Waals surface area contributed by atoms with Crippen molar-refractivity contribution in [3.05, 3.63) is 29.8 Å². The van der Waals surface area contributed by atoms with Crippen molar-refractivity contribution >= 4 is 11.9 Å². The second-order valence-corrected chi connectivity index (χ2v) is 5.53. The fourth-order valence-electron chi connectivity index (χ4n) is 1.53. The van der Waals surface area contributed by atoms with E-state index in [0.717, 1.165) is 0 Å². The molecule has 1 amide bonds. The fourth-order valence-corrected chi connectivity index (χ4v) is 1.53. The van der Waals surface area contributed by atoms with Crippen molar-refractivity contribution in [3.8, 4) is 5.75 Å². The summed E-state index contributed by atoms with van der Waals surface area (Å²) < 4.78 is 10.5. The van der Waals surface area contributed by atoms with Gasteiger partial charge in [0.15, 0.2) is 6.61 Å². The van der Waals surface area contributed by atoms with E-state index in [-0.39, 0.29) is 18.6 Å². The van der Waals surface area contributed by atoms with E-state index in [1.54, 1.807) is 24.3 Å². The van der Waals surface area contributed by atoms with Crippen molar-refractivity contribution in [2.24, 2.45) is 5.92 Å². The lowest BCUT2D eigenvalue weighted by molar-refractivity contribution is -0.124. The van der Waals surface area contributed by atoms with Gasteiger partial charge in [0, 0.05) is 6.04 Å². The van der Waals surface area contributed by atoms with Crippen LogP contribution in [0.3, 0.4) is 0 Å². The summed E-state index contributed by atoms with van der Waals surface area (Å²) in [4.78, 5) is 23.2. The third-order valence-corrected chi connectivity index (χ3v) is 2.46. The summed E-state index contributed by atoms with van der Waals surface area (Å²) in [6.45, 7) is 8.16. The molecule has 1 aromatic carbocycles. The number of amides is 1. The molecule has 0 saturated heterocycles. The molecule has 0 unspecified atom stereocenters. The Morgan fingerprint density at radius 2 is 1.71 bits per heavy atom. The Labute approximate surface area is 125 Å².